The van der Waals surface area contributed by atoms with Gasteiger partial charge in [0, 0.05) is 27.3 Å². The van der Waals surface area contributed by atoms with Gasteiger partial charge in [0.15, 0.2) is 0 Å². The van der Waals surface area contributed by atoms with Crippen molar-refractivity contribution >= 4 is 43.4 Å². The van der Waals surface area contributed by atoms with E-state index in [9.17, 15) is 0 Å². The number of para-hydroxylation sites is 1. The maximum Gasteiger partial charge on any atom is 0.0625 e. The number of nitrogens with zero attached hydrogens (tertiary/aromatic N) is 1. The molecule has 0 saturated heterocycles. The Kier molecular flexibility index (Phi) is 4.73. The van der Waals surface area contributed by atoms with Crippen LogP contribution in [0, 0.1) is 0 Å². The lowest BCUT2D eigenvalue weighted by atomic mass is 9.82. The molecule has 1 aliphatic rings. The molecule has 1 heterocycles. The summed E-state index contributed by atoms with van der Waals surface area (Å²) in [6, 6.07) is 51.6. The van der Waals surface area contributed by atoms with Gasteiger partial charge in [-0.1, -0.05) is 123 Å². The Morgan fingerprint density at radius 1 is 0.452 bits per heavy atom. The van der Waals surface area contributed by atoms with E-state index in [1.54, 1.807) is 0 Å². The molecule has 0 fully saturated rings. The first-order valence-corrected chi connectivity index (χ1v) is 14.8. The number of rotatable bonds is 2. The monoisotopic (exact) mass is 535 g/mol. The molecule has 0 atom stereocenters. The Balaban J connectivity index is 1.39. The van der Waals surface area contributed by atoms with Gasteiger partial charge in [-0.05, 0) is 79.9 Å². The molecule has 0 unspecified atom stereocenters. The van der Waals surface area contributed by atoms with Crippen LogP contribution in [0.15, 0.2) is 140 Å². The van der Waals surface area contributed by atoms with Gasteiger partial charge in [-0.25, -0.2) is 0 Å². The van der Waals surface area contributed by atoms with Crippen LogP contribution in [0.4, 0.5) is 0 Å². The van der Waals surface area contributed by atoms with E-state index < -0.39 is 0 Å². The maximum absolute atomic E-state index is 2.46. The highest BCUT2D eigenvalue weighted by Crippen LogP contribution is 2.50. The van der Waals surface area contributed by atoms with Crippen LogP contribution in [0.25, 0.3) is 71.3 Å². The van der Waals surface area contributed by atoms with Crippen molar-refractivity contribution < 1.29 is 0 Å². The molecule has 8 aromatic rings. The second-order valence-corrected chi connectivity index (χ2v) is 12.1. The first kappa shape index (κ1) is 23.6. The Bertz CT molecular complexity index is 2370. The van der Waals surface area contributed by atoms with Crippen molar-refractivity contribution in [2.24, 2.45) is 0 Å². The van der Waals surface area contributed by atoms with E-state index in [0.29, 0.717) is 0 Å². The van der Waals surface area contributed by atoms with Crippen LogP contribution in [-0.2, 0) is 5.41 Å². The normalized spacial score (nSPS) is 13.7. The molecule has 42 heavy (non-hydrogen) atoms. The second kappa shape index (κ2) is 8.44. The topological polar surface area (TPSA) is 4.93 Å². The van der Waals surface area contributed by atoms with E-state index in [1.165, 1.54) is 82.4 Å². The molecule has 7 aromatic carbocycles. The molecule has 1 aliphatic carbocycles. The van der Waals surface area contributed by atoms with Gasteiger partial charge >= 0.3 is 0 Å². The minimum atomic E-state index is 0.0114. The molecule has 9 rings (SSSR count). The van der Waals surface area contributed by atoms with Gasteiger partial charge in [0.25, 0.3) is 0 Å². The molecule has 0 bridgehead atoms. The smallest absolute Gasteiger partial charge is 0.0625 e. The number of hydrogen-bond donors (Lipinski definition) is 0. The largest absolute Gasteiger partial charge is 0.309 e. The fraction of sp³-hybridized carbons (Fsp3) is 0.0732. The summed E-state index contributed by atoms with van der Waals surface area (Å²) in [5.74, 6) is 0. The maximum atomic E-state index is 2.46. The summed E-state index contributed by atoms with van der Waals surface area (Å²) in [4.78, 5) is 0. The van der Waals surface area contributed by atoms with Crippen LogP contribution >= 0.6 is 0 Å². The summed E-state index contributed by atoms with van der Waals surface area (Å²) < 4.78 is 2.46. The average molecular weight is 536 g/mol. The zero-order valence-electron chi connectivity index (χ0n) is 23.7. The van der Waals surface area contributed by atoms with Gasteiger partial charge in [0.1, 0.15) is 0 Å². The second-order valence-electron chi connectivity index (χ2n) is 12.1. The molecule has 1 nitrogen and oxygen atoms in total. The molecule has 1 heteroatoms. The van der Waals surface area contributed by atoms with Gasteiger partial charge in [0.2, 0.25) is 0 Å². The van der Waals surface area contributed by atoms with Crippen molar-refractivity contribution in [1.29, 1.82) is 0 Å². The fourth-order valence-electron chi connectivity index (χ4n) is 7.60. The standard InChI is InChI=1S/C41H29N/c1-41(2)36-19-11-10-16-31(36)34-24-26(20-22-37(34)41)27-21-23-38-35(25-27)39-32-17-8-6-14-29(32)30-15-7-9-18-33(30)40(39)42(38)28-12-4-3-5-13-28/h3-25H,1-2H3. The van der Waals surface area contributed by atoms with Crippen molar-refractivity contribution in [2.75, 3.05) is 0 Å². The summed E-state index contributed by atoms with van der Waals surface area (Å²) in [7, 11) is 0. The number of fused-ring (bicyclic) bond motifs is 11. The van der Waals surface area contributed by atoms with Gasteiger partial charge in [-0.2, -0.15) is 0 Å². The number of aromatic nitrogens is 1. The molecule has 0 N–H and O–H groups in total. The molecule has 198 valence electrons. The van der Waals surface area contributed by atoms with E-state index in [-0.39, 0.29) is 5.41 Å². The first-order valence-electron chi connectivity index (χ1n) is 14.8. The van der Waals surface area contributed by atoms with E-state index in [1.807, 2.05) is 0 Å². The minimum absolute atomic E-state index is 0.0114. The third-order valence-corrected chi connectivity index (χ3v) is 9.57. The van der Waals surface area contributed by atoms with E-state index in [4.69, 9.17) is 0 Å². The third-order valence-electron chi connectivity index (χ3n) is 9.57. The summed E-state index contributed by atoms with van der Waals surface area (Å²) in [5.41, 5.74) is 11.7. The lowest BCUT2D eigenvalue weighted by Gasteiger charge is -2.21. The molecule has 0 amide bonds. The highest BCUT2D eigenvalue weighted by Gasteiger charge is 2.35. The highest BCUT2D eigenvalue weighted by molar-refractivity contribution is 6.32. The van der Waals surface area contributed by atoms with Gasteiger partial charge in [0.05, 0.1) is 11.0 Å². The summed E-state index contributed by atoms with van der Waals surface area (Å²) >= 11 is 0. The average Bonchev–Trinajstić information content (AvgIpc) is 3.51. The molecule has 0 saturated carbocycles. The van der Waals surface area contributed by atoms with Gasteiger partial charge in [-0.15, -0.1) is 0 Å². The number of benzene rings is 7. The van der Waals surface area contributed by atoms with Crippen LogP contribution in [0.1, 0.15) is 25.0 Å². The van der Waals surface area contributed by atoms with Crippen molar-refractivity contribution in [3.05, 3.63) is 151 Å². The first-order chi connectivity index (χ1) is 20.6. The molecule has 0 spiro atoms. The Labute approximate surface area is 245 Å². The van der Waals surface area contributed by atoms with Crippen LogP contribution in [0.5, 0.6) is 0 Å². The third kappa shape index (κ3) is 3.08. The predicted molar refractivity (Wildman–Crippen MR) is 179 cm³/mol. The van der Waals surface area contributed by atoms with Crippen LogP contribution < -0.4 is 0 Å². The van der Waals surface area contributed by atoms with E-state index in [0.717, 1.165) is 0 Å². The minimum Gasteiger partial charge on any atom is -0.309 e. The Morgan fingerprint density at radius 2 is 1.05 bits per heavy atom. The van der Waals surface area contributed by atoms with Crippen molar-refractivity contribution in [3.63, 3.8) is 0 Å². The number of hydrogen-bond acceptors (Lipinski definition) is 0. The summed E-state index contributed by atoms with van der Waals surface area (Å²) in [6.45, 7) is 4.69. The van der Waals surface area contributed by atoms with Crippen molar-refractivity contribution in [2.45, 2.75) is 19.3 Å². The Hall–Kier alpha value is -5.14. The van der Waals surface area contributed by atoms with Crippen LogP contribution in [0.2, 0.25) is 0 Å². The molecule has 0 radical (unpaired) electrons. The summed E-state index contributed by atoms with van der Waals surface area (Å²) in [5, 5.41) is 7.78. The van der Waals surface area contributed by atoms with Gasteiger partial charge in [-0.3, -0.25) is 0 Å². The quantitative estimate of drug-likeness (QED) is 0.194. The van der Waals surface area contributed by atoms with Crippen LogP contribution in [-0.4, -0.2) is 4.57 Å². The van der Waals surface area contributed by atoms with Crippen molar-refractivity contribution in [1.82, 2.24) is 4.57 Å². The molecule has 1 aromatic heterocycles. The molecule has 0 aliphatic heterocycles. The fourth-order valence-corrected chi connectivity index (χ4v) is 7.60. The zero-order valence-corrected chi connectivity index (χ0v) is 23.7. The van der Waals surface area contributed by atoms with E-state index >= 15 is 0 Å². The van der Waals surface area contributed by atoms with Gasteiger partial charge < -0.3 is 4.57 Å². The lowest BCUT2D eigenvalue weighted by Crippen LogP contribution is -2.14. The highest BCUT2D eigenvalue weighted by atomic mass is 15.0. The molecular weight excluding hydrogens is 506 g/mol. The van der Waals surface area contributed by atoms with Crippen molar-refractivity contribution in [3.8, 4) is 27.9 Å². The van der Waals surface area contributed by atoms with Crippen LogP contribution in [0.3, 0.4) is 0 Å². The predicted octanol–water partition coefficient (Wildman–Crippen LogP) is 11.1. The SMILES string of the molecule is CC1(C)c2ccccc2-c2cc(-c3ccc4c(c3)c3c5ccccc5c5ccccc5c3n4-c3ccccc3)ccc21. The lowest BCUT2D eigenvalue weighted by molar-refractivity contribution is 0.660. The molecular formula is C41H29N. The summed E-state index contributed by atoms with van der Waals surface area (Å²) in [6.07, 6.45) is 0. The Morgan fingerprint density at radius 3 is 1.86 bits per heavy atom. The van der Waals surface area contributed by atoms with E-state index in [2.05, 4.69) is 158 Å². The zero-order chi connectivity index (χ0) is 28.0.